The zero-order valence-electron chi connectivity index (χ0n) is 14.9. The summed E-state index contributed by atoms with van der Waals surface area (Å²) in [5.41, 5.74) is 0.986. The normalized spacial score (nSPS) is 19.3. The van der Waals surface area contributed by atoms with Gasteiger partial charge in [0.05, 0.1) is 28.4 Å². The largest absolute Gasteiger partial charge is 0.339 e. The van der Waals surface area contributed by atoms with Gasteiger partial charge < -0.3 is 4.90 Å². The number of urea groups is 1. The molecule has 2 aromatic carbocycles. The predicted octanol–water partition coefficient (Wildman–Crippen LogP) is 2.31. The van der Waals surface area contributed by atoms with Gasteiger partial charge in [-0.2, -0.15) is 5.26 Å². The van der Waals surface area contributed by atoms with E-state index in [-0.39, 0.29) is 29.6 Å². The number of nitriles is 1. The van der Waals surface area contributed by atoms with Gasteiger partial charge in [-0.05, 0) is 30.3 Å². The number of imide groups is 2. The van der Waals surface area contributed by atoms with Crippen molar-refractivity contribution in [2.45, 2.75) is 12.5 Å². The van der Waals surface area contributed by atoms with E-state index in [1.165, 1.54) is 17.0 Å². The Morgan fingerprint density at radius 1 is 1.00 bits per heavy atom. The summed E-state index contributed by atoms with van der Waals surface area (Å²) in [5.74, 6) is -2.32. The maximum atomic E-state index is 12.9. The van der Waals surface area contributed by atoms with Gasteiger partial charge in [-0.25, -0.2) is 14.6 Å². The standard InChI is InChI=1S/C20H13ClN4O4/c21-15-6-1-2-7-16(15)25-19(28)18(27)24(20(25)29)14-9-17(26)23(11-14)13-5-3-4-12(8-13)10-22/h1-8,14H,9,11H2. The van der Waals surface area contributed by atoms with Crippen LogP contribution in [-0.4, -0.2) is 41.2 Å². The monoisotopic (exact) mass is 408 g/mol. The molecule has 0 spiro atoms. The van der Waals surface area contributed by atoms with Gasteiger partial charge >= 0.3 is 17.8 Å². The van der Waals surface area contributed by atoms with E-state index in [1.54, 1.807) is 36.4 Å². The molecule has 9 heteroatoms. The summed E-state index contributed by atoms with van der Waals surface area (Å²) < 4.78 is 0. The molecule has 1 atom stereocenters. The molecule has 144 valence electrons. The van der Waals surface area contributed by atoms with E-state index in [0.29, 0.717) is 11.3 Å². The highest BCUT2D eigenvalue weighted by Crippen LogP contribution is 2.33. The highest BCUT2D eigenvalue weighted by atomic mass is 35.5. The summed E-state index contributed by atoms with van der Waals surface area (Å²) in [6.45, 7) is 0.0365. The summed E-state index contributed by atoms with van der Waals surface area (Å²) in [4.78, 5) is 53.4. The number of para-hydroxylation sites is 1. The number of hydrogen-bond acceptors (Lipinski definition) is 5. The molecule has 0 bridgehead atoms. The average Bonchev–Trinajstić information content (AvgIpc) is 3.20. The maximum absolute atomic E-state index is 12.9. The quantitative estimate of drug-likeness (QED) is 0.573. The Kier molecular flexibility index (Phi) is 4.53. The van der Waals surface area contributed by atoms with Gasteiger partial charge in [0.2, 0.25) is 5.91 Å². The zero-order valence-corrected chi connectivity index (χ0v) is 15.7. The van der Waals surface area contributed by atoms with E-state index in [0.717, 1.165) is 9.80 Å². The maximum Gasteiger partial charge on any atom is 0.339 e. The van der Waals surface area contributed by atoms with Gasteiger partial charge in [-0.3, -0.25) is 14.4 Å². The van der Waals surface area contributed by atoms with Gasteiger partial charge in [0, 0.05) is 18.7 Å². The molecule has 4 rings (SSSR count). The molecule has 2 saturated heterocycles. The topological polar surface area (TPSA) is 102 Å². The van der Waals surface area contributed by atoms with Crippen LogP contribution in [0.5, 0.6) is 0 Å². The van der Waals surface area contributed by atoms with E-state index in [9.17, 15) is 19.2 Å². The van der Waals surface area contributed by atoms with Crippen molar-refractivity contribution < 1.29 is 19.2 Å². The number of anilines is 2. The minimum Gasteiger partial charge on any atom is -0.310 e. The van der Waals surface area contributed by atoms with Crippen LogP contribution in [0.4, 0.5) is 16.2 Å². The van der Waals surface area contributed by atoms with Gasteiger partial charge in [0.25, 0.3) is 0 Å². The van der Waals surface area contributed by atoms with Gasteiger partial charge in [-0.1, -0.05) is 29.8 Å². The van der Waals surface area contributed by atoms with Gasteiger partial charge in [0.1, 0.15) is 0 Å². The number of halogens is 1. The van der Waals surface area contributed by atoms with Crippen LogP contribution in [-0.2, 0) is 14.4 Å². The molecular weight excluding hydrogens is 396 g/mol. The molecular formula is C20H13ClN4O4. The second-order valence-electron chi connectivity index (χ2n) is 6.57. The molecule has 2 aromatic rings. The molecule has 0 aromatic heterocycles. The number of nitrogens with zero attached hydrogens (tertiary/aromatic N) is 4. The Bertz CT molecular complexity index is 1110. The lowest BCUT2D eigenvalue weighted by Gasteiger charge is -2.22. The number of benzene rings is 2. The van der Waals surface area contributed by atoms with Crippen molar-refractivity contribution >= 4 is 46.7 Å². The molecule has 2 heterocycles. The first-order chi connectivity index (χ1) is 13.9. The van der Waals surface area contributed by atoms with Crippen LogP contribution in [0.1, 0.15) is 12.0 Å². The summed E-state index contributed by atoms with van der Waals surface area (Å²) in [6.07, 6.45) is -0.113. The van der Waals surface area contributed by atoms with Crippen molar-refractivity contribution in [3.63, 3.8) is 0 Å². The van der Waals surface area contributed by atoms with E-state index in [2.05, 4.69) is 0 Å². The third-order valence-electron chi connectivity index (χ3n) is 4.85. The fraction of sp³-hybridized carbons (Fsp3) is 0.150. The number of amides is 5. The predicted molar refractivity (Wildman–Crippen MR) is 103 cm³/mol. The molecule has 0 saturated carbocycles. The van der Waals surface area contributed by atoms with Crippen molar-refractivity contribution in [3.8, 4) is 6.07 Å². The molecule has 5 amide bonds. The molecule has 2 aliphatic heterocycles. The van der Waals surface area contributed by atoms with E-state index in [4.69, 9.17) is 16.9 Å². The molecule has 8 nitrogen and oxygen atoms in total. The van der Waals surface area contributed by atoms with Crippen molar-refractivity contribution in [3.05, 3.63) is 59.1 Å². The molecule has 1 unspecified atom stereocenters. The lowest BCUT2D eigenvalue weighted by atomic mass is 10.2. The molecule has 29 heavy (non-hydrogen) atoms. The third kappa shape index (κ3) is 3.02. The van der Waals surface area contributed by atoms with Crippen molar-refractivity contribution in [1.29, 1.82) is 5.26 Å². The first-order valence-corrected chi connectivity index (χ1v) is 9.07. The van der Waals surface area contributed by atoms with Crippen LogP contribution in [0.15, 0.2) is 48.5 Å². The van der Waals surface area contributed by atoms with Crippen LogP contribution in [0.25, 0.3) is 0 Å². The van der Waals surface area contributed by atoms with Crippen LogP contribution in [0.3, 0.4) is 0 Å². The summed E-state index contributed by atoms with van der Waals surface area (Å²) in [7, 11) is 0. The molecule has 0 radical (unpaired) electrons. The van der Waals surface area contributed by atoms with E-state index >= 15 is 0 Å². The summed E-state index contributed by atoms with van der Waals surface area (Å²) >= 11 is 6.08. The second-order valence-corrected chi connectivity index (χ2v) is 6.98. The fourth-order valence-electron chi connectivity index (χ4n) is 3.50. The lowest BCUT2D eigenvalue weighted by molar-refractivity contribution is -0.140. The van der Waals surface area contributed by atoms with Crippen molar-refractivity contribution in [2.24, 2.45) is 0 Å². The fourth-order valence-corrected chi connectivity index (χ4v) is 3.72. The number of carbonyl (C=O) groups excluding carboxylic acids is 4. The molecule has 2 aliphatic rings. The van der Waals surface area contributed by atoms with Crippen LogP contribution < -0.4 is 9.80 Å². The minimum atomic E-state index is -1.01. The third-order valence-corrected chi connectivity index (χ3v) is 5.17. The zero-order chi connectivity index (χ0) is 20.7. The first kappa shape index (κ1) is 18.7. The smallest absolute Gasteiger partial charge is 0.310 e. The highest BCUT2D eigenvalue weighted by Gasteiger charge is 2.51. The van der Waals surface area contributed by atoms with Crippen LogP contribution in [0.2, 0.25) is 5.02 Å². The Balaban J connectivity index is 1.62. The number of hydrogen-bond donors (Lipinski definition) is 0. The Labute approximate surface area is 170 Å². The summed E-state index contributed by atoms with van der Waals surface area (Å²) in [5, 5.41) is 9.20. The van der Waals surface area contributed by atoms with Gasteiger partial charge in [-0.15, -0.1) is 0 Å². The highest BCUT2D eigenvalue weighted by molar-refractivity contribution is 6.54. The van der Waals surface area contributed by atoms with Crippen molar-refractivity contribution in [1.82, 2.24) is 4.90 Å². The van der Waals surface area contributed by atoms with E-state index < -0.39 is 23.9 Å². The van der Waals surface area contributed by atoms with E-state index in [1.807, 2.05) is 6.07 Å². The number of rotatable bonds is 3. The molecule has 2 fully saturated rings. The number of carbonyl (C=O) groups is 4. The summed E-state index contributed by atoms with van der Waals surface area (Å²) in [6, 6.07) is 13.0. The van der Waals surface area contributed by atoms with Gasteiger partial charge in [0.15, 0.2) is 0 Å². The Hall–Kier alpha value is -3.70. The lowest BCUT2D eigenvalue weighted by Crippen LogP contribution is -2.43. The SMILES string of the molecule is N#Cc1cccc(N2CC(N3C(=O)C(=O)N(c4ccccc4Cl)C3=O)CC2=O)c1. The molecule has 0 N–H and O–H groups in total. The average molecular weight is 409 g/mol. The van der Waals surface area contributed by atoms with Crippen molar-refractivity contribution in [2.75, 3.05) is 16.3 Å². The molecule has 0 aliphatic carbocycles. The van der Waals surface area contributed by atoms with Crippen LogP contribution >= 0.6 is 11.6 Å². The Morgan fingerprint density at radius 2 is 1.76 bits per heavy atom. The van der Waals surface area contributed by atoms with Crippen LogP contribution in [0, 0.1) is 11.3 Å². The first-order valence-electron chi connectivity index (χ1n) is 8.69. The minimum absolute atomic E-state index is 0.0365. The Morgan fingerprint density at radius 3 is 2.48 bits per heavy atom. The second kappa shape index (κ2) is 7.04.